The number of aromatic nitrogens is 2. The lowest BCUT2D eigenvalue weighted by molar-refractivity contribution is -0.124. The summed E-state index contributed by atoms with van der Waals surface area (Å²) in [6.45, 7) is 4.27. The smallest absolute Gasteiger partial charge is 0.330 e. The summed E-state index contributed by atoms with van der Waals surface area (Å²) < 4.78 is 1.28. The molecule has 0 unspecified atom stereocenters. The number of hydrogen-bond acceptors (Lipinski definition) is 6. The van der Waals surface area contributed by atoms with E-state index in [1.165, 1.54) is 27.9 Å². The summed E-state index contributed by atoms with van der Waals surface area (Å²) in [4.78, 5) is 58.0. The number of carbonyl (C=O) groups is 2. The number of amides is 2. The topological polar surface area (TPSA) is 121 Å². The largest absolute Gasteiger partial charge is 0.383 e. The highest BCUT2D eigenvalue weighted by Crippen LogP contribution is 2.44. The number of nitrogens with two attached hydrogens (primary N) is 1. The van der Waals surface area contributed by atoms with E-state index in [0.717, 1.165) is 16.9 Å². The second kappa shape index (κ2) is 9.91. The highest BCUT2D eigenvalue weighted by molar-refractivity contribution is 7.10. The third-order valence-electron chi connectivity index (χ3n) is 6.40. The number of thiophene rings is 1. The molecule has 1 fully saturated rings. The van der Waals surface area contributed by atoms with Crippen molar-refractivity contribution in [2.24, 2.45) is 5.92 Å². The predicted octanol–water partition coefficient (Wildman–Crippen LogP) is 3.05. The molecule has 35 heavy (non-hydrogen) atoms. The molecule has 1 saturated heterocycles. The third-order valence-corrected chi connectivity index (χ3v) is 7.34. The van der Waals surface area contributed by atoms with Gasteiger partial charge in [-0.05, 0) is 36.9 Å². The van der Waals surface area contributed by atoms with Gasteiger partial charge in [-0.3, -0.25) is 23.9 Å². The number of benzene rings is 1. The van der Waals surface area contributed by atoms with Crippen molar-refractivity contribution in [3.05, 3.63) is 73.1 Å². The van der Waals surface area contributed by atoms with Gasteiger partial charge in [0.15, 0.2) is 5.69 Å². The number of nitrogens with one attached hydrogen (secondary N) is 1. The van der Waals surface area contributed by atoms with Crippen molar-refractivity contribution in [1.82, 2.24) is 9.55 Å². The second-order valence-corrected chi connectivity index (χ2v) is 9.75. The van der Waals surface area contributed by atoms with Crippen LogP contribution in [0.4, 0.5) is 17.2 Å². The van der Waals surface area contributed by atoms with Gasteiger partial charge in [0.2, 0.25) is 11.8 Å². The number of aromatic amines is 1. The number of carbonyl (C=O) groups excluding carboxylic acids is 2. The van der Waals surface area contributed by atoms with Gasteiger partial charge in [0, 0.05) is 30.6 Å². The fourth-order valence-electron chi connectivity index (χ4n) is 4.55. The molecule has 1 aliphatic rings. The highest BCUT2D eigenvalue weighted by Gasteiger charge is 2.47. The molecule has 1 aromatic carbocycles. The van der Waals surface area contributed by atoms with E-state index in [-0.39, 0.29) is 23.8 Å². The Hall–Kier alpha value is -3.66. The Morgan fingerprint density at radius 2 is 1.91 bits per heavy atom. The number of nitrogens with zero attached hydrogens (tertiary/aromatic N) is 3. The van der Waals surface area contributed by atoms with Crippen molar-refractivity contribution >= 4 is 40.3 Å². The molecule has 0 radical (unpaired) electrons. The molecule has 1 aliphatic heterocycles. The minimum absolute atomic E-state index is 0.00704. The molecular weight excluding hydrogens is 466 g/mol. The van der Waals surface area contributed by atoms with E-state index in [4.69, 9.17) is 5.73 Å². The molecule has 2 amide bonds. The molecule has 4 rings (SSSR count). The van der Waals surface area contributed by atoms with Crippen molar-refractivity contribution in [1.29, 1.82) is 0 Å². The first-order chi connectivity index (χ1) is 16.7. The Balaban J connectivity index is 1.74. The second-order valence-electron chi connectivity index (χ2n) is 8.77. The maximum atomic E-state index is 13.8. The number of rotatable bonds is 7. The van der Waals surface area contributed by atoms with E-state index in [1.54, 1.807) is 4.90 Å². The van der Waals surface area contributed by atoms with Crippen LogP contribution in [0.15, 0.2) is 51.4 Å². The Morgan fingerprint density at radius 1 is 1.20 bits per heavy atom. The molecule has 3 N–H and O–H groups in total. The maximum absolute atomic E-state index is 13.8. The lowest BCUT2D eigenvalue weighted by Gasteiger charge is -2.29. The van der Waals surface area contributed by atoms with E-state index in [2.05, 4.69) is 4.98 Å². The molecule has 0 bridgehead atoms. The normalized spacial score (nSPS) is 17.7. The van der Waals surface area contributed by atoms with Crippen LogP contribution in [0.2, 0.25) is 0 Å². The molecule has 0 aliphatic carbocycles. The molecule has 0 saturated carbocycles. The molecule has 3 heterocycles. The van der Waals surface area contributed by atoms with Crippen molar-refractivity contribution in [3.63, 3.8) is 0 Å². The molecule has 2 atom stereocenters. The molecule has 10 heteroatoms. The highest BCUT2D eigenvalue weighted by atomic mass is 32.1. The van der Waals surface area contributed by atoms with E-state index < -0.39 is 29.1 Å². The monoisotopic (exact) mass is 495 g/mol. The summed E-state index contributed by atoms with van der Waals surface area (Å²) in [6, 6.07) is 10.9. The van der Waals surface area contributed by atoms with Gasteiger partial charge in [0.1, 0.15) is 5.82 Å². The average molecular weight is 496 g/mol. The van der Waals surface area contributed by atoms with E-state index >= 15 is 0 Å². The van der Waals surface area contributed by atoms with E-state index in [0.29, 0.717) is 18.7 Å². The van der Waals surface area contributed by atoms with Gasteiger partial charge in [-0.1, -0.05) is 37.1 Å². The zero-order valence-electron chi connectivity index (χ0n) is 20.0. The number of H-pyrrole nitrogens is 1. The summed E-state index contributed by atoms with van der Waals surface area (Å²) >= 11 is 1.47. The van der Waals surface area contributed by atoms with Crippen LogP contribution < -0.4 is 26.8 Å². The number of aryl methyl sites for hydroxylation is 1. The first-order valence-corrected chi connectivity index (χ1v) is 12.4. The fourth-order valence-corrected chi connectivity index (χ4v) is 5.43. The van der Waals surface area contributed by atoms with Crippen LogP contribution in [0.25, 0.3) is 0 Å². The molecule has 0 spiro atoms. The molecule has 2 aromatic heterocycles. The lowest BCUT2D eigenvalue weighted by Crippen LogP contribution is -2.42. The minimum atomic E-state index is -0.734. The van der Waals surface area contributed by atoms with Gasteiger partial charge in [0.05, 0.1) is 12.0 Å². The van der Waals surface area contributed by atoms with Crippen molar-refractivity contribution < 1.29 is 9.59 Å². The first kappa shape index (κ1) is 24.5. The van der Waals surface area contributed by atoms with Crippen LogP contribution in [-0.2, 0) is 16.1 Å². The van der Waals surface area contributed by atoms with Crippen LogP contribution in [0.3, 0.4) is 0 Å². The van der Waals surface area contributed by atoms with Crippen LogP contribution in [0.5, 0.6) is 0 Å². The Bertz CT molecular complexity index is 1340. The zero-order valence-corrected chi connectivity index (χ0v) is 20.8. The Morgan fingerprint density at radius 3 is 2.54 bits per heavy atom. The number of unbranched alkanes of at least 4 members (excludes halogenated alkanes) is 1. The van der Waals surface area contributed by atoms with Gasteiger partial charge in [0.25, 0.3) is 5.56 Å². The van der Waals surface area contributed by atoms with Gasteiger partial charge >= 0.3 is 5.69 Å². The van der Waals surface area contributed by atoms with Gasteiger partial charge < -0.3 is 15.5 Å². The molecule has 9 nitrogen and oxygen atoms in total. The maximum Gasteiger partial charge on any atom is 0.330 e. The van der Waals surface area contributed by atoms with Crippen LogP contribution in [0.1, 0.15) is 42.7 Å². The van der Waals surface area contributed by atoms with Crippen molar-refractivity contribution in [3.8, 4) is 0 Å². The summed E-state index contributed by atoms with van der Waals surface area (Å²) in [5, 5.41) is 1.91. The third kappa shape index (κ3) is 4.53. The number of anilines is 3. The Kier molecular flexibility index (Phi) is 6.93. The SMILES string of the molecule is CCCCn1c(N)c(N(C)C(=O)[C@H]2CC(=O)N(c3ccc(C)cc3)[C@H]2c2cccs2)c(=O)[nH]c1=O. The van der Waals surface area contributed by atoms with E-state index in [9.17, 15) is 19.2 Å². The molecule has 3 aromatic rings. The summed E-state index contributed by atoms with van der Waals surface area (Å²) in [7, 11) is 1.46. The predicted molar refractivity (Wildman–Crippen MR) is 138 cm³/mol. The molecule has 184 valence electrons. The van der Waals surface area contributed by atoms with Crippen LogP contribution in [0, 0.1) is 12.8 Å². The standard InChI is InChI=1S/C25H29N5O4S/c1-4-5-12-29-22(26)21(23(32)27-25(29)34)28(3)24(33)17-14-19(31)30(16-10-8-15(2)9-11-16)20(17)18-7-6-13-35-18/h6-11,13,17,20H,4-5,12,14,26H2,1-3H3,(H,27,32,34)/t17-,20+/m0/s1. The summed E-state index contributed by atoms with van der Waals surface area (Å²) in [5.41, 5.74) is 6.57. The lowest BCUT2D eigenvalue weighted by atomic mass is 9.96. The Labute approximate surface area is 206 Å². The molecular formula is C25H29N5O4S. The zero-order chi connectivity index (χ0) is 25.3. The minimum Gasteiger partial charge on any atom is -0.383 e. The average Bonchev–Trinajstić information content (AvgIpc) is 3.46. The van der Waals surface area contributed by atoms with E-state index in [1.807, 2.05) is 55.6 Å². The number of hydrogen-bond donors (Lipinski definition) is 2. The fraction of sp³-hybridized carbons (Fsp3) is 0.360. The summed E-state index contributed by atoms with van der Waals surface area (Å²) in [6.07, 6.45) is 1.51. The quantitative estimate of drug-likeness (QED) is 0.522. The first-order valence-electron chi connectivity index (χ1n) is 11.6. The van der Waals surface area contributed by atoms with Crippen LogP contribution in [-0.4, -0.2) is 28.4 Å². The number of nitrogen functional groups attached to an aromatic ring is 1. The van der Waals surface area contributed by atoms with Crippen molar-refractivity contribution in [2.45, 2.75) is 45.7 Å². The van der Waals surface area contributed by atoms with Gasteiger partial charge in [-0.25, -0.2) is 4.79 Å². The summed E-state index contributed by atoms with van der Waals surface area (Å²) in [5.74, 6) is -1.38. The van der Waals surface area contributed by atoms with Gasteiger partial charge in [-0.2, -0.15) is 0 Å². The van der Waals surface area contributed by atoms with Crippen molar-refractivity contribution in [2.75, 3.05) is 22.6 Å². The van der Waals surface area contributed by atoms with Gasteiger partial charge in [-0.15, -0.1) is 11.3 Å². The van der Waals surface area contributed by atoms with Crippen LogP contribution >= 0.6 is 11.3 Å².